The molecule has 5 nitrogen and oxygen atoms in total. The Kier molecular flexibility index (Phi) is 2.54. The van der Waals surface area contributed by atoms with Gasteiger partial charge >= 0.3 is 0 Å². The summed E-state index contributed by atoms with van der Waals surface area (Å²) >= 11 is 0. The van der Waals surface area contributed by atoms with Gasteiger partial charge in [0.2, 0.25) is 0 Å². The summed E-state index contributed by atoms with van der Waals surface area (Å²) in [6.07, 6.45) is 8.51. The van der Waals surface area contributed by atoms with Crippen LogP contribution in [0, 0.1) is 0 Å². The highest BCUT2D eigenvalue weighted by atomic mass is 19.1. The number of halogens is 1. The highest BCUT2D eigenvalue weighted by Gasteiger charge is 2.28. The number of allylic oxidation sites excluding steroid dienone is 3. The molecule has 0 aromatic carbocycles. The highest BCUT2D eigenvalue weighted by Crippen LogP contribution is 2.38. The van der Waals surface area contributed by atoms with Gasteiger partial charge < -0.3 is 16.0 Å². The predicted octanol–water partition coefficient (Wildman–Crippen LogP) is 2.14. The number of nitrogens with two attached hydrogens (primary N) is 2. The van der Waals surface area contributed by atoms with Crippen molar-refractivity contribution in [2.45, 2.75) is 31.7 Å². The zero-order valence-electron chi connectivity index (χ0n) is 11.5. The van der Waals surface area contributed by atoms with E-state index in [1.807, 2.05) is 0 Å². The van der Waals surface area contributed by atoms with Crippen molar-refractivity contribution in [1.29, 1.82) is 0 Å². The maximum atomic E-state index is 13.9. The maximum Gasteiger partial charge on any atom is 0.151 e. The first-order valence-corrected chi connectivity index (χ1v) is 7.12. The summed E-state index contributed by atoms with van der Waals surface area (Å²) in [7, 11) is 0. The van der Waals surface area contributed by atoms with Crippen LogP contribution in [0.25, 0.3) is 11.0 Å². The van der Waals surface area contributed by atoms with Crippen molar-refractivity contribution in [2.75, 3.05) is 5.73 Å². The minimum absolute atomic E-state index is 0.116. The molecule has 0 saturated heterocycles. The van der Waals surface area contributed by atoms with Gasteiger partial charge in [-0.2, -0.15) is 0 Å². The molecular weight excluding hydrogens is 269 g/mol. The summed E-state index contributed by atoms with van der Waals surface area (Å²) in [5, 5.41) is 0. The van der Waals surface area contributed by atoms with Crippen molar-refractivity contribution in [1.82, 2.24) is 14.5 Å². The van der Waals surface area contributed by atoms with Crippen molar-refractivity contribution in [2.24, 2.45) is 5.73 Å². The SMILES string of the molecule is NC1=CCC(n2c3c(c4ncnc(N)c42)CCC3)C=C1F. The number of aryl methyl sites for hydroxylation is 1. The normalized spacial score (nSPS) is 21.3. The Morgan fingerprint density at radius 3 is 2.90 bits per heavy atom. The standard InChI is InChI=1S/C15H16FN5/c16-10-6-8(4-5-11(10)17)21-12-3-1-2-9(12)13-14(21)15(18)20-7-19-13/h5-8H,1-4,17H2,(H2,18,19,20). The van der Waals surface area contributed by atoms with Gasteiger partial charge in [0.25, 0.3) is 0 Å². The van der Waals surface area contributed by atoms with Crippen molar-refractivity contribution in [3.8, 4) is 0 Å². The number of anilines is 1. The van der Waals surface area contributed by atoms with E-state index in [2.05, 4.69) is 14.5 Å². The molecule has 2 heterocycles. The molecule has 2 aromatic heterocycles. The van der Waals surface area contributed by atoms with E-state index in [0.29, 0.717) is 12.2 Å². The molecule has 0 radical (unpaired) electrons. The molecule has 21 heavy (non-hydrogen) atoms. The number of hydrogen-bond donors (Lipinski definition) is 2. The van der Waals surface area contributed by atoms with E-state index in [9.17, 15) is 4.39 Å². The summed E-state index contributed by atoms with van der Waals surface area (Å²) in [5.74, 6) is 0.0843. The lowest BCUT2D eigenvalue weighted by molar-refractivity contribution is 0.553. The summed E-state index contributed by atoms with van der Waals surface area (Å²) in [5.41, 5.74) is 16.1. The van der Waals surface area contributed by atoms with E-state index in [1.165, 1.54) is 17.6 Å². The minimum atomic E-state index is -0.365. The average Bonchev–Trinajstić information content (AvgIpc) is 3.03. The van der Waals surface area contributed by atoms with Gasteiger partial charge in [-0.1, -0.05) is 6.08 Å². The second kappa shape index (κ2) is 4.31. The highest BCUT2D eigenvalue weighted by molar-refractivity contribution is 5.90. The Bertz CT molecular complexity index is 802. The van der Waals surface area contributed by atoms with Gasteiger partial charge in [-0.15, -0.1) is 0 Å². The maximum absolute atomic E-state index is 13.9. The number of fused-ring (bicyclic) bond motifs is 3. The third kappa shape index (κ3) is 1.68. The van der Waals surface area contributed by atoms with Crippen LogP contribution in [0.1, 0.15) is 30.1 Å². The number of nitrogen functional groups attached to an aromatic ring is 1. The van der Waals surface area contributed by atoms with Crippen LogP contribution in [-0.4, -0.2) is 14.5 Å². The fourth-order valence-electron chi connectivity index (χ4n) is 3.46. The van der Waals surface area contributed by atoms with E-state index < -0.39 is 0 Å². The van der Waals surface area contributed by atoms with Crippen LogP contribution >= 0.6 is 0 Å². The average molecular weight is 285 g/mol. The monoisotopic (exact) mass is 285 g/mol. The molecule has 0 bridgehead atoms. The molecular formula is C15H16FN5. The second-order valence-corrected chi connectivity index (χ2v) is 5.58. The van der Waals surface area contributed by atoms with Crippen molar-refractivity contribution in [3.63, 3.8) is 0 Å². The van der Waals surface area contributed by atoms with Crippen LogP contribution in [-0.2, 0) is 12.8 Å². The Hall–Kier alpha value is -2.37. The molecule has 0 spiro atoms. The van der Waals surface area contributed by atoms with Gasteiger partial charge in [0, 0.05) is 5.69 Å². The molecule has 6 heteroatoms. The molecule has 2 aliphatic carbocycles. The van der Waals surface area contributed by atoms with E-state index in [-0.39, 0.29) is 17.6 Å². The molecule has 4 rings (SSSR count). The van der Waals surface area contributed by atoms with Gasteiger partial charge in [0.05, 0.1) is 17.3 Å². The second-order valence-electron chi connectivity index (χ2n) is 5.58. The van der Waals surface area contributed by atoms with Crippen LogP contribution in [0.15, 0.2) is 30.0 Å². The van der Waals surface area contributed by atoms with Crippen LogP contribution in [0.5, 0.6) is 0 Å². The molecule has 1 atom stereocenters. The molecule has 0 saturated carbocycles. The lowest BCUT2D eigenvalue weighted by atomic mass is 10.1. The van der Waals surface area contributed by atoms with E-state index in [0.717, 1.165) is 30.3 Å². The van der Waals surface area contributed by atoms with E-state index in [4.69, 9.17) is 11.5 Å². The number of hydrogen-bond acceptors (Lipinski definition) is 4. The topological polar surface area (TPSA) is 82.8 Å². The molecule has 2 aromatic rings. The first kappa shape index (κ1) is 12.4. The molecule has 4 N–H and O–H groups in total. The molecule has 1 unspecified atom stereocenters. The van der Waals surface area contributed by atoms with E-state index in [1.54, 1.807) is 12.2 Å². The third-order valence-corrected chi connectivity index (χ3v) is 4.38. The van der Waals surface area contributed by atoms with Crippen LogP contribution in [0.2, 0.25) is 0 Å². The zero-order chi connectivity index (χ0) is 14.6. The van der Waals surface area contributed by atoms with Gasteiger partial charge in [-0.05, 0) is 37.3 Å². The quantitative estimate of drug-likeness (QED) is 0.841. The number of nitrogens with zero attached hydrogens (tertiary/aromatic N) is 3. The largest absolute Gasteiger partial charge is 0.397 e. The Labute approximate surface area is 121 Å². The minimum Gasteiger partial charge on any atom is -0.397 e. The van der Waals surface area contributed by atoms with Crippen molar-refractivity contribution in [3.05, 3.63) is 41.3 Å². The van der Waals surface area contributed by atoms with Crippen LogP contribution in [0.3, 0.4) is 0 Å². The first-order valence-electron chi connectivity index (χ1n) is 7.12. The van der Waals surface area contributed by atoms with Gasteiger partial charge in [-0.3, -0.25) is 0 Å². The zero-order valence-corrected chi connectivity index (χ0v) is 11.5. The smallest absolute Gasteiger partial charge is 0.151 e. The number of rotatable bonds is 1. The fraction of sp³-hybridized carbons (Fsp3) is 0.333. The predicted molar refractivity (Wildman–Crippen MR) is 79.1 cm³/mol. The van der Waals surface area contributed by atoms with Crippen LogP contribution in [0.4, 0.5) is 10.2 Å². The lowest BCUT2D eigenvalue weighted by Crippen LogP contribution is -2.15. The third-order valence-electron chi connectivity index (χ3n) is 4.38. The molecule has 0 aliphatic heterocycles. The summed E-state index contributed by atoms with van der Waals surface area (Å²) in [4.78, 5) is 8.50. The molecule has 0 fully saturated rings. The summed E-state index contributed by atoms with van der Waals surface area (Å²) in [6, 6.07) is -0.116. The fourth-order valence-corrected chi connectivity index (χ4v) is 3.46. The van der Waals surface area contributed by atoms with Gasteiger partial charge in [0.1, 0.15) is 17.7 Å². The Morgan fingerprint density at radius 2 is 2.10 bits per heavy atom. The van der Waals surface area contributed by atoms with Crippen molar-refractivity contribution < 1.29 is 4.39 Å². The Morgan fingerprint density at radius 1 is 1.24 bits per heavy atom. The van der Waals surface area contributed by atoms with E-state index >= 15 is 0 Å². The van der Waals surface area contributed by atoms with Crippen molar-refractivity contribution >= 4 is 16.9 Å². The summed E-state index contributed by atoms with van der Waals surface area (Å²) in [6.45, 7) is 0. The number of aromatic nitrogens is 3. The van der Waals surface area contributed by atoms with Gasteiger partial charge in [-0.25, -0.2) is 14.4 Å². The molecule has 2 aliphatic rings. The Balaban J connectivity index is 1.97. The summed E-state index contributed by atoms with van der Waals surface area (Å²) < 4.78 is 16.0. The lowest BCUT2D eigenvalue weighted by Gasteiger charge is -2.21. The van der Waals surface area contributed by atoms with Crippen LogP contribution < -0.4 is 11.5 Å². The molecule has 0 amide bonds. The molecule has 108 valence electrons. The van der Waals surface area contributed by atoms with Gasteiger partial charge in [0.15, 0.2) is 5.82 Å². The first-order chi connectivity index (χ1) is 10.2.